The molecule has 5 aromatic rings. The molecule has 0 aliphatic heterocycles. The number of fused-ring (bicyclic) bond motifs is 1. The summed E-state index contributed by atoms with van der Waals surface area (Å²) in [7, 11) is -25.2. The Labute approximate surface area is 434 Å². The maximum Gasteiger partial charge on any atom is 1.00 e. The number of phenols is 1. The van der Waals surface area contributed by atoms with Crippen LogP contribution in [0.5, 0.6) is 5.75 Å². The number of rotatable bonds is 14. The third-order valence-corrected chi connectivity index (χ3v) is 11.9. The van der Waals surface area contributed by atoms with Gasteiger partial charge in [-0.3, -0.25) is 4.18 Å². The van der Waals surface area contributed by atoms with Gasteiger partial charge in [0.15, 0.2) is 15.6 Å². The molecule has 1 aromatic heterocycles. The zero-order valence-corrected chi connectivity index (χ0v) is 43.8. The Morgan fingerprint density at radius 3 is 1.70 bits per heavy atom. The van der Waals surface area contributed by atoms with Crippen LogP contribution < -0.4 is 129 Å². The third-order valence-electron chi connectivity index (χ3n) is 6.98. The summed E-state index contributed by atoms with van der Waals surface area (Å²) in [4.78, 5) is 8.33. The van der Waals surface area contributed by atoms with Crippen molar-refractivity contribution in [3.05, 3.63) is 72.0 Å². The minimum atomic E-state index is -5.50. The predicted octanol–water partition coefficient (Wildman–Crippen LogP) is -9.73. The third kappa shape index (κ3) is 15.3. The Bertz CT molecular complexity index is 3010. The van der Waals surface area contributed by atoms with Crippen LogP contribution in [0.1, 0.15) is 0 Å². The van der Waals surface area contributed by atoms with Gasteiger partial charge in [-0.25, -0.2) is 42.1 Å². The van der Waals surface area contributed by atoms with E-state index in [1.54, 1.807) is 0 Å². The fourth-order valence-electron chi connectivity index (χ4n) is 4.59. The Morgan fingerprint density at radius 2 is 1.17 bits per heavy atom. The normalized spacial score (nSPS) is 12.1. The van der Waals surface area contributed by atoms with Crippen molar-refractivity contribution in [1.29, 1.82) is 0 Å². The maximum atomic E-state index is 12.4. The first-order valence-corrected chi connectivity index (χ1v) is 22.0. The molecule has 0 radical (unpaired) electrons. The molecule has 0 aliphatic rings. The molecule has 298 valence electrons. The fraction of sp³-hybridized carbons (Fsp3) is 0.0741. The molecule has 0 fully saturated rings. The number of halogens is 1. The van der Waals surface area contributed by atoms with E-state index in [4.69, 9.17) is 11.6 Å². The van der Waals surface area contributed by atoms with Crippen molar-refractivity contribution >= 4 is 108 Å². The van der Waals surface area contributed by atoms with Crippen molar-refractivity contribution in [3.63, 3.8) is 0 Å². The molecule has 0 saturated carbocycles. The van der Waals surface area contributed by atoms with Gasteiger partial charge in [-0.2, -0.15) is 15.0 Å². The molecule has 4 aromatic carbocycles. The summed E-state index contributed by atoms with van der Waals surface area (Å²) in [5, 5.41) is 22.7. The molecule has 23 nitrogen and oxygen atoms in total. The molecule has 3 N–H and O–H groups in total. The van der Waals surface area contributed by atoms with E-state index < -0.39 is 94.8 Å². The van der Waals surface area contributed by atoms with Crippen molar-refractivity contribution in [1.82, 2.24) is 15.0 Å². The summed E-state index contributed by atoms with van der Waals surface area (Å²) < 4.78 is 167. The van der Waals surface area contributed by atoms with E-state index in [0.717, 1.165) is 18.2 Å². The number of phenolic OH excluding ortho intramolecular Hbond substituents is 1. The summed E-state index contributed by atoms with van der Waals surface area (Å²) >= 11 is 6.04. The largest absolute Gasteiger partial charge is 1.00 e. The SMILES string of the molecule is O=S(=O)([O-])OCCS(=O)(=O)c1ccc(Nc2nc(Cl)nc(Nc3ccc4c(O)c(N=Nc5cc(S(=O)(=O)[O-])ccc5S(=O)(=O)[O-])c(S(=O)(=O)[O-])cc4c3)n2)cc1.[Na+].[Na+].[Na+].[Na+]. The van der Waals surface area contributed by atoms with Gasteiger partial charge >= 0.3 is 118 Å². The summed E-state index contributed by atoms with van der Waals surface area (Å²) in [5.74, 6) is -2.17. The number of nitrogens with one attached hydrogen (secondary N) is 2. The smallest absolute Gasteiger partial charge is 0.744 e. The van der Waals surface area contributed by atoms with Crippen molar-refractivity contribution in [3.8, 4) is 5.75 Å². The second kappa shape index (κ2) is 22.3. The van der Waals surface area contributed by atoms with Gasteiger partial charge in [0.1, 0.15) is 41.7 Å². The van der Waals surface area contributed by atoms with Crippen LogP contribution in [0.15, 0.2) is 96.5 Å². The van der Waals surface area contributed by atoms with Gasteiger partial charge in [0, 0.05) is 16.8 Å². The standard InChI is InChI=1S/C27H22ClN7O16S5.4Na/c28-25-31-26(29-15-1-4-17(5-2-15)52(37,38)10-9-51-56(48,49)50)33-27(32-25)30-16-3-7-19-14(11-16)12-22(55(45,46)47)23(24(19)36)35-34-20-13-18(53(39,40)41)6-8-21(20)54(42,43)44;;;;/h1-8,11-13,36H,9-10H2,(H,39,40,41)(H,42,43,44)(H,45,46,47)(H,48,49,50)(H2,29,30,31,32,33);;;;/q;4*+1/p-4. The Kier molecular flexibility index (Phi) is 21.1. The van der Waals surface area contributed by atoms with Crippen LogP contribution in [0.4, 0.5) is 34.6 Å². The molecule has 1 heterocycles. The maximum absolute atomic E-state index is 12.4. The number of benzene rings is 4. The van der Waals surface area contributed by atoms with Crippen molar-refractivity contribution in [2.75, 3.05) is 23.0 Å². The number of hydrogen-bond acceptors (Lipinski definition) is 23. The Hall–Kier alpha value is -1.01. The van der Waals surface area contributed by atoms with E-state index in [-0.39, 0.29) is 162 Å². The predicted molar refractivity (Wildman–Crippen MR) is 186 cm³/mol. The number of nitrogens with zero attached hydrogens (tertiary/aromatic N) is 5. The first-order chi connectivity index (χ1) is 25.8. The van der Waals surface area contributed by atoms with Crippen LogP contribution >= 0.6 is 11.6 Å². The van der Waals surface area contributed by atoms with Gasteiger partial charge in [0.25, 0.3) is 0 Å². The van der Waals surface area contributed by atoms with Gasteiger partial charge in [0.05, 0.1) is 31.9 Å². The number of sulfone groups is 1. The van der Waals surface area contributed by atoms with E-state index >= 15 is 0 Å². The number of aromatic nitrogens is 3. The number of azo groups is 1. The topological polar surface area (TPSA) is 380 Å². The average molecular weight is 984 g/mol. The number of aromatic hydroxyl groups is 1. The zero-order valence-electron chi connectivity index (χ0n) is 31.0. The molecule has 0 spiro atoms. The van der Waals surface area contributed by atoms with Gasteiger partial charge in [-0.15, -0.1) is 10.2 Å². The minimum Gasteiger partial charge on any atom is -0.744 e. The molecule has 5 rings (SSSR count). The summed E-state index contributed by atoms with van der Waals surface area (Å²) in [5.41, 5.74) is -1.71. The molecule has 0 saturated heterocycles. The van der Waals surface area contributed by atoms with Crippen LogP contribution in [-0.2, 0) is 54.8 Å². The van der Waals surface area contributed by atoms with Gasteiger partial charge < -0.3 is 34.0 Å². The van der Waals surface area contributed by atoms with Crippen LogP contribution in [0.2, 0.25) is 5.28 Å². The first kappa shape index (κ1) is 57.0. The monoisotopic (exact) mass is 983 g/mol. The Morgan fingerprint density at radius 1 is 0.633 bits per heavy atom. The molecular weight excluding hydrogens is 966 g/mol. The molecule has 60 heavy (non-hydrogen) atoms. The van der Waals surface area contributed by atoms with E-state index in [1.807, 2.05) is 0 Å². The quantitative estimate of drug-likeness (QED) is 0.0402. The van der Waals surface area contributed by atoms with Crippen LogP contribution in [0.25, 0.3) is 10.8 Å². The molecule has 0 bridgehead atoms. The minimum absolute atomic E-state index is 0. The van der Waals surface area contributed by atoms with Crippen molar-refractivity contribution < 1.29 is 188 Å². The van der Waals surface area contributed by atoms with E-state index in [1.165, 1.54) is 30.3 Å². The molecule has 0 unspecified atom stereocenters. The second-order valence-corrected chi connectivity index (χ2v) is 18.4. The first-order valence-electron chi connectivity index (χ1n) is 14.4. The van der Waals surface area contributed by atoms with E-state index in [2.05, 4.69) is 40.0 Å². The molecule has 0 aliphatic carbocycles. The Balaban J connectivity index is 0.00000450. The van der Waals surface area contributed by atoms with E-state index in [0.29, 0.717) is 18.2 Å². The van der Waals surface area contributed by atoms with Gasteiger partial charge in [-0.1, -0.05) is 0 Å². The number of anilines is 4. The van der Waals surface area contributed by atoms with Gasteiger partial charge in [-0.05, 0) is 83.7 Å². The van der Waals surface area contributed by atoms with Crippen molar-refractivity contribution in [2.45, 2.75) is 19.6 Å². The molecule has 0 amide bonds. The van der Waals surface area contributed by atoms with Gasteiger partial charge in [0.2, 0.25) is 27.6 Å². The summed E-state index contributed by atoms with van der Waals surface area (Å²) in [6.07, 6.45) is 0. The fourth-order valence-corrected chi connectivity index (χ4v) is 7.96. The molecular formula is C27H18ClN7Na4O16S5. The zero-order chi connectivity index (χ0) is 41.4. The summed E-state index contributed by atoms with van der Waals surface area (Å²) in [6, 6.07) is 10.7. The second-order valence-electron chi connectivity index (χ2n) is 10.8. The van der Waals surface area contributed by atoms with E-state index in [9.17, 15) is 65.4 Å². The summed E-state index contributed by atoms with van der Waals surface area (Å²) in [6.45, 7) is -0.892. The number of hydrogen-bond donors (Lipinski definition) is 3. The average Bonchev–Trinajstić information content (AvgIpc) is 3.05. The van der Waals surface area contributed by atoms with Crippen molar-refractivity contribution in [2.24, 2.45) is 10.2 Å². The van der Waals surface area contributed by atoms with Crippen LogP contribution in [0.3, 0.4) is 0 Å². The molecule has 0 atom stereocenters. The van der Waals surface area contributed by atoms with Crippen LogP contribution in [-0.4, -0.2) is 92.7 Å². The van der Waals surface area contributed by atoms with Crippen LogP contribution in [0, 0.1) is 0 Å². The molecule has 33 heteroatoms.